The van der Waals surface area contributed by atoms with Crippen LogP contribution >= 0.6 is 0 Å². The summed E-state index contributed by atoms with van der Waals surface area (Å²) in [4.78, 5) is 15.7. The molecule has 0 aliphatic carbocycles. The molecule has 14 rings (SSSR count). The summed E-state index contributed by atoms with van der Waals surface area (Å²) in [5.74, 6) is 0.876. The maximum absolute atomic E-state index is 5.42. The quantitative estimate of drug-likeness (QED) is 0.118. The molecule has 3 aromatic heterocycles. The predicted molar refractivity (Wildman–Crippen MR) is 297 cm³/mol. The Balaban J connectivity index is 0.881. The van der Waals surface area contributed by atoms with Crippen LogP contribution in [0.3, 0.4) is 0 Å². The lowest BCUT2D eigenvalue weighted by atomic mass is 9.85. The Morgan fingerprint density at radius 3 is 1.56 bits per heavy atom. The Morgan fingerprint density at radius 1 is 0.310 bits per heavy atom. The molecule has 0 N–H and O–H groups in total. The highest BCUT2D eigenvalue weighted by Gasteiger charge is 2.21. The monoisotopic (exact) mass is 902 g/mol. The van der Waals surface area contributed by atoms with E-state index in [4.69, 9.17) is 15.0 Å². The van der Waals surface area contributed by atoms with Crippen LogP contribution in [0.5, 0.6) is 0 Å². The van der Waals surface area contributed by atoms with Crippen LogP contribution in [-0.4, -0.2) is 19.5 Å². The van der Waals surface area contributed by atoms with E-state index in [1.54, 1.807) is 0 Å². The van der Waals surface area contributed by atoms with Crippen molar-refractivity contribution in [2.75, 3.05) is 0 Å². The van der Waals surface area contributed by atoms with Crippen LogP contribution in [0.1, 0.15) is 0 Å². The molecule has 0 bridgehead atoms. The van der Waals surface area contributed by atoms with E-state index in [2.05, 4.69) is 253 Å². The summed E-state index contributed by atoms with van der Waals surface area (Å²) in [5, 5.41) is 9.59. The molecule has 330 valence electrons. The summed E-state index contributed by atoms with van der Waals surface area (Å²) in [6.07, 6.45) is 1.91. The fourth-order valence-corrected chi connectivity index (χ4v) is 11.0. The average molecular weight is 903 g/mol. The van der Waals surface area contributed by atoms with Crippen molar-refractivity contribution < 1.29 is 0 Å². The van der Waals surface area contributed by atoms with E-state index in [1.807, 2.05) is 6.20 Å². The van der Waals surface area contributed by atoms with Crippen molar-refractivity contribution >= 4 is 65.2 Å². The van der Waals surface area contributed by atoms with Crippen LogP contribution in [0.2, 0.25) is 0 Å². The molecule has 0 unspecified atom stereocenters. The molecule has 0 spiro atoms. The third kappa shape index (κ3) is 6.72. The van der Waals surface area contributed by atoms with Crippen molar-refractivity contribution in [1.82, 2.24) is 19.5 Å². The Hall–Kier alpha value is -9.51. The molecule has 71 heavy (non-hydrogen) atoms. The Morgan fingerprint density at radius 2 is 0.859 bits per heavy atom. The van der Waals surface area contributed by atoms with Gasteiger partial charge in [0, 0.05) is 33.8 Å². The first kappa shape index (κ1) is 40.5. The van der Waals surface area contributed by atoms with Gasteiger partial charge in [0.25, 0.3) is 0 Å². The molecule has 0 aliphatic rings. The minimum atomic E-state index is 0.876. The number of pyridine rings is 2. The SMILES string of the molecule is c1ccc(-c2ccnc3c2ccc2c(-c4ccccc4)cc(-c4ccc(-c5nc6ccccc6n5-c5ccc(-c6c7ccccc7c(-c7cccc8ccccc78)c7ccccc67)cc5)cc4)nc23)cc1. The first-order valence-corrected chi connectivity index (χ1v) is 24.2. The standard InChI is InChI=1S/C67H42N4/c1-3-16-43(17-4-1)51-40-41-68-65-57(51)38-39-58-59(45-18-5-2-6-19-45)42-61(69-66(58)65)46-30-32-48(33-31-46)67-70-60-28-13-14-29-62(60)71(67)49-36-34-47(35-37-49)63-53-23-9-11-25-55(53)64(56-26-12-10-24-54(56)63)52-27-15-21-44-20-7-8-22-50(44)52/h1-42H. The van der Waals surface area contributed by atoms with Gasteiger partial charge in [0.2, 0.25) is 0 Å². The van der Waals surface area contributed by atoms with Crippen molar-refractivity contribution in [2.24, 2.45) is 0 Å². The molecule has 4 heteroatoms. The van der Waals surface area contributed by atoms with Crippen molar-refractivity contribution in [3.05, 3.63) is 255 Å². The second-order valence-corrected chi connectivity index (χ2v) is 18.3. The van der Waals surface area contributed by atoms with Crippen molar-refractivity contribution in [3.8, 4) is 72.8 Å². The largest absolute Gasteiger partial charge is 0.292 e. The number of benzene rings is 11. The molecular weight excluding hydrogens is 861 g/mol. The van der Waals surface area contributed by atoms with Gasteiger partial charge in [-0.25, -0.2) is 9.97 Å². The number of nitrogens with zero attached hydrogens (tertiary/aromatic N) is 4. The summed E-state index contributed by atoms with van der Waals surface area (Å²) in [7, 11) is 0. The van der Waals surface area contributed by atoms with Crippen LogP contribution in [0, 0.1) is 0 Å². The number of aromatic nitrogens is 4. The number of hydrogen-bond donors (Lipinski definition) is 0. The van der Waals surface area contributed by atoms with E-state index >= 15 is 0 Å². The number of rotatable bonds is 7. The zero-order valence-corrected chi connectivity index (χ0v) is 38.5. The first-order valence-electron chi connectivity index (χ1n) is 24.2. The van der Waals surface area contributed by atoms with E-state index in [0.29, 0.717) is 0 Å². The van der Waals surface area contributed by atoms with Gasteiger partial charge in [0.1, 0.15) is 5.82 Å². The molecular formula is C67H42N4. The van der Waals surface area contributed by atoms with Gasteiger partial charge in [-0.1, -0.05) is 212 Å². The highest BCUT2D eigenvalue weighted by Crippen LogP contribution is 2.46. The summed E-state index contributed by atoms with van der Waals surface area (Å²) in [5.41, 5.74) is 17.2. The Labute approximate surface area is 410 Å². The lowest BCUT2D eigenvalue weighted by molar-refractivity contribution is 1.10. The lowest BCUT2D eigenvalue weighted by Gasteiger charge is -2.19. The molecule has 0 radical (unpaired) electrons. The van der Waals surface area contributed by atoms with Crippen LogP contribution < -0.4 is 0 Å². The Bertz CT molecular complexity index is 4300. The van der Waals surface area contributed by atoms with E-state index in [-0.39, 0.29) is 0 Å². The predicted octanol–water partition coefficient (Wildman–Crippen LogP) is 17.6. The minimum Gasteiger partial charge on any atom is -0.292 e. The highest BCUT2D eigenvalue weighted by atomic mass is 15.1. The van der Waals surface area contributed by atoms with Crippen LogP contribution in [-0.2, 0) is 0 Å². The summed E-state index contributed by atoms with van der Waals surface area (Å²) < 4.78 is 2.29. The molecule has 0 saturated carbocycles. The smallest absolute Gasteiger partial charge is 0.145 e. The lowest BCUT2D eigenvalue weighted by Crippen LogP contribution is -1.98. The molecule has 0 amide bonds. The number of hydrogen-bond acceptors (Lipinski definition) is 3. The van der Waals surface area contributed by atoms with Gasteiger partial charge < -0.3 is 0 Å². The van der Waals surface area contributed by atoms with Crippen LogP contribution in [0.15, 0.2) is 255 Å². The molecule has 0 saturated heterocycles. The zero-order chi connectivity index (χ0) is 46.8. The normalized spacial score (nSPS) is 11.7. The molecule has 3 heterocycles. The van der Waals surface area contributed by atoms with Crippen LogP contribution in [0.4, 0.5) is 0 Å². The number of imidazole rings is 1. The average Bonchev–Trinajstić information content (AvgIpc) is 3.84. The number of para-hydroxylation sites is 2. The van der Waals surface area contributed by atoms with Gasteiger partial charge in [-0.05, 0) is 113 Å². The molecule has 4 nitrogen and oxygen atoms in total. The van der Waals surface area contributed by atoms with E-state index in [9.17, 15) is 0 Å². The van der Waals surface area contributed by atoms with E-state index < -0.39 is 0 Å². The highest BCUT2D eigenvalue weighted by molar-refractivity contribution is 6.23. The third-order valence-electron chi connectivity index (χ3n) is 14.3. The van der Waals surface area contributed by atoms with E-state index in [0.717, 1.165) is 89.0 Å². The Kier molecular flexibility index (Phi) is 9.49. The topological polar surface area (TPSA) is 43.6 Å². The van der Waals surface area contributed by atoms with Gasteiger partial charge in [0.05, 0.1) is 27.8 Å². The maximum Gasteiger partial charge on any atom is 0.145 e. The van der Waals surface area contributed by atoms with Crippen molar-refractivity contribution in [1.29, 1.82) is 0 Å². The first-order chi connectivity index (χ1) is 35.2. The second kappa shape index (κ2) is 16.6. The van der Waals surface area contributed by atoms with Gasteiger partial charge in [-0.3, -0.25) is 9.55 Å². The van der Waals surface area contributed by atoms with Crippen molar-refractivity contribution in [2.45, 2.75) is 0 Å². The van der Waals surface area contributed by atoms with Crippen molar-refractivity contribution in [3.63, 3.8) is 0 Å². The third-order valence-corrected chi connectivity index (χ3v) is 14.3. The van der Waals surface area contributed by atoms with Gasteiger partial charge in [-0.15, -0.1) is 0 Å². The van der Waals surface area contributed by atoms with Gasteiger partial charge >= 0.3 is 0 Å². The summed E-state index contributed by atoms with van der Waals surface area (Å²) >= 11 is 0. The maximum atomic E-state index is 5.42. The number of fused-ring (bicyclic) bond motifs is 7. The molecule has 14 aromatic rings. The summed E-state index contributed by atoms with van der Waals surface area (Å²) in [6, 6.07) is 89.1. The fourth-order valence-electron chi connectivity index (χ4n) is 11.0. The van der Waals surface area contributed by atoms with Gasteiger partial charge in [0.15, 0.2) is 0 Å². The zero-order valence-electron chi connectivity index (χ0n) is 38.5. The van der Waals surface area contributed by atoms with E-state index in [1.165, 1.54) is 49.0 Å². The molecule has 0 aliphatic heterocycles. The van der Waals surface area contributed by atoms with Crippen LogP contribution in [0.25, 0.3) is 138 Å². The minimum absolute atomic E-state index is 0.876. The van der Waals surface area contributed by atoms with Gasteiger partial charge in [-0.2, -0.15) is 0 Å². The molecule has 0 fully saturated rings. The molecule has 0 atom stereocenters. The summed E-state index contributed by atoms with van der Waals surface area (Å²) in [6.45, 7) is 0. The fraction of sp³-hybridized carbons (Fsp3) is 0. The second-order valence-electron chi connectivity index (χ2n) is 18.3. The molecule has 11 aromatic carbocycles.